The molecular weight excluding hydrogens is 332 g/mol. The van der Waals surface area contributed by atoms with Gasteiger partial charge < -0.3 is 10.2 Å². The summed E-state index contributed by atoms with van der Waals surface area (Å²) < 4.78 is 1.13. The zero-order valence-corrected chi connectivity index (χ0v) is 14.0. The van der Waals surface area contributed by atoms with E-state index in [2.05, 4.69) is 11.9 Å². The smallest absolute Gasteiger partial charge is 0.450 e. The lowest BCUT2D eigenvalue weighted by atomic mass is 10.1. The number of carbonyl (C=O) groups is 2. The maximum Gasteiger partial charge on any atom is 0.503 e. The molecule has 7 heteroatoms. The van der Waals surface area contributed by atoms with Crippen molar-refractivity contribution in [2.24, 2.45) is 0 Å². The fourth-order valence-electron chi connectivity index (χ4n) is 1.89. The van der Waals surface area contributed by atoms with E-state index in [9.17, 15) is 4.79 Å². The number of hydrogen-bond donors (Lipinski definition) is 2. The van der Waals surface area contributed by atoms with Crippen molar-refractivity contribution in [3.8, 4) is 0 Å². The zero-order chi connectivity index (χ0) is 17.9. The molecule has 0 aliphatic heterocycles. The quantitative estimate of drug-likeness (QED) is 0.777. The highest BCUT2D eigenvalue weighted by atomic mass is 35.5. The van der Waals surface area contributed by atoms with Crippen molar-refractivity contribution in [1.82, 2.24) is 4.98 Å². The molecule has 1 heterocycles. The molecule has 0 aliphatic rings. The number of aryl methyl sites for hydroxylation is 1. The highest BCUT2D eigenvalue weighted by molar-refractivity contribution is 6.39. The third kappa shape index (κ3) is 6.66. The SMILES string of the molecule is CCCCc1ccc(N(Cl)C(=O)c2cccnc2)cc1.O=C(O)O. The van der Waals surface area contributed by atoms with Crippen molar-refractivity contribution >= 4 is 29.5 Å². The number of anilines is 1. The summed E-state index contributed by atoms with van der Waals surface area (Å²) in [7, 11) is 0. The number of pyridine rings is 1. The van der Waals surface area contributed by atoms with Crippen molar-refractivity contribution in [3.05, 3.63) is 59.9 Å². The van der Waals surface area contributed by atoms with Crippen molar-refractivity contribution < 1.29 is 19.8 Å². The van der Waals surface area contributed by atoms with Gasteiger partial charge in [-0.05, 0) is 42.7 Å². The van der Waals surface area contributed by atoms with Crippen LogP contribution in [-0.4, -0.2) is 27.3 Å². The molecule has 0 fully saturated rings. The van der Waals surface area contributed by atoms with E-state index in [0.717, 1.165) is 10.8 Å². The first-order valence-corrected chi connectivity index (χ1v) is 7.70. The van der Waals surface area contributed by atoms with Gasteiger partial charge in [0.25, 0.3) is 5.91 Å². The van der Waals surface area contributed by atoms with Crippen LogP contribution in [0.3, 0.4) is 0 Å². The molecule has 1 amide bonds. The Balaban J connectivity index is 0.000000648. The van der Waals surface area contributed by atoms with E-state index >= 15 is 0 Å². The molecule has 0 aliphatic carbocycles. The number of amides is 1. The van der Waals surface area contributed by atoms with Crippen LogP contribution in [0.1, 0.15) is 35.7 Å². The van der Waals surface area contributed by atoms with Crippen LogP contribution in [-0.2, 0) is 6.42 Å². The minimum atomic E-state index is -1.83. The lowest BCUT2D eigenvalue weighted by Gasteiger charge is -2.14. The normalized spacial score (nSPS) is 9.58. The third-order valence-corrected chi connectivity index (χ3v) is 3.42. The van der Waals surface area contributed by atoms with E-state index in [-0.39, 0.29) is 5.91 Å². The minimum absolute atomic E-state index is 0.277. The zero-order valence-electron chi connectivity index (χ0n) is 13.2. The predicted molar refractivity (Wildman–Crippen MR) is 92.6 cm³/mol. The number of unbranched alkanes of at least 4 members (excludes halogenated alkanes) is 1. The standard InChI is InChI=1S/C16H17ClN2O.CH2O3/c1-2-3-5-13-7-9-15(10-8-13)19(17)16(20)14-6-4-11-18-12-14;2-1(3)4/h4,6-12H,2-3,5H2,1H3;(H2,2,3,4). The Hall–Kier alpha value is -2.60. The van der Waals surface area contributed by atoms with Crippen molar-refractivity contribution in [2.45, 2.75) is 26.2 Å². The van der Waals surface area contributed by atoms with Crippen molar-refractivity contribution in [1.29, 1.82) is 0 Å². The van der Waals surface area contributed by atoms with Crippen LogP contribution >= 0.6 is 11.8 Å². The topological polar surface area (TPSA) is 90.7 Å². The average molecular weight is 351 g/mol. The van der Waals surface area contributed by atoms with Gasteiger partial charge in [0.05, 0.1) is 11.3 Å². The fourth-order valence-corrected chi connectivity index (χ4v) is 2.10. The molecule has 0 radical (unpaired) electrons. The summed E-state index contributed by atoms with van der Waals surface area (Å²) in [5, 5.41) is 13.9. The average Bonchev–Trinajstić information content (AvgIpc) is 2.59. The van der Waals surface area contributed by atoms with Crippen LogP contribution in [0.4, 0.5) is 10.5 Å². The number of nitrogens with zero attached hydrogens (tertiary/aromatic N) is 2. The molecular formula is C17H19ClN2O4. The second-order valence-electron chi connectivity index (χ2n) is 4.88. The largest absolute Gasteiger partial charge is 0.503 e. The fraction of sp³-hybridized carbons (Fsp3) is 0.235. The minimum Gasteiger partial charge on any atom is -0.450 e. The van der Waals surface area contributed by atoms with Crippen LogP contribution in [0.15, 0.2) is 48.8 Å². The molecule has 6 nitrogen and oxygen atoms in total. The number of carboxylic acid groups (broad SMARTS) is 2. The molecule has 0 bridgehead atoms. The van der Waals surface area contributed by atoms with Gasteiger partial charge in [0, 0.05) is 24.2 Å². The molecule has 1 aromatic heterocycles. The number of hydrogen-bond acceptors (Lipinski definition) is 3. The summed E-state index contributed by atoms with van der Waals surface area (Å²) in [6.45, 7) is 2.17. The highest BCUT2D eigenvalue weighted by Crippen LogP contribution is 2.20. The third-order valence-electron chi connectivity index (χ3n) is 3.07. The Bertz CT molecular complexity index is 643. The summed E-state index contributed by atoms with van der Waals surface area (Å²) in [6.07, 6.45) is 4.68. The molecule has 2 N–H and O–H groups in total. The number of halogens is 1. The number of carbonyl (C=O) groups excluding carboxylic acids is 1. The Kier molecular flexibility index (Phi) is 8.29. The van der Waals surface area contributed by atoms with Gasteiger partial charge in [-0.2, -0.15) is 0 Å². The van der Waals surface area contributed by atoms with Crippen LogP contribution in [0.2, 0.25) is 0 Å². The second kappa shape index (κ2) is 10.2. The first kappa shape index (κ1) is 19.4. The Morgan fingerprint density at radius 3 is 2.29 bits per heavy atom. The lowest BCUT2D eigenvalue weighted by Crippen LogP contribution is -2.20. The summed E-state index contributed by atoms with van der Waals surface area (Å²) >= 11 is 6.10. The molecule has 1 aromatic carbocycles. The van der Waals surface area contributed by atoms with Gasteiger partial charge in [0.2, 0.25) is 0 Å². The van der Waals surface area contributed by atoms with Crippen LogP contribution in [0.25, 0.3) is 0 Å². The number of benzene rings is 1. The molecule has 2 rings (SSSR count). The van der Waals surface area contributed by atoms with Crippen molar-refractivity contribution in [2.75, 3.05) is 4.42 Å². The van der Waals surface area contributed by atoms with E-state index in [0.29, 0.717) is 11.3 Å². The highest BCUT2D eigenvalue weighted by Gasteiger charge is 2.15. The lowest BCUT2D eigenvalue weighted by molar-refractivity contribution is 0.100. The molecule has 0 saturated heterocycles. The molecule has 0 unspecified atom stereocenters. The van der Waals surface area contributed by atoms with E-state index in [4.69, 9.17) is 26.8 Å². The van der Waals surface area contributed by atoms with E-state index < -0.39 is 6.16 Å². The van der Waals surface area contributed by atoms with Gasteiger partial charge >= 0.3 is 6.16 Å². The molecule has 128 valence electrons. The maximum absolute atomic E-state index is 12.2. The summed E-state index contributed by atoms with van der Waals surface area (Å²) in [5.74, 6) is -0.277. The van der Waals surface area contributed by atoms with Gasteiger partial charge in [-0.25, -0.2) is 9.21 Å². The first-order valence-electron chi connectivity index (χ1n) is 7.36. The van der Waals surface area contributed by atoms with Crippen molar-refractivity contribution in [3.63, 3.8) is 0 Å². The maximum atomic E-state index is 12.2. The molecule has 0 spiro atoms. The molecule has 0 atom stereocenters. The van der Waals surface area contributed by atoms with E-state index in [1.807, 2.05) is 24.3 Å². The first-order chi connectivity index (χ1) is 11.5. The number of rotatable bonds is 5. The second-order valence-corrected chi connectivity index (χ2v) is 5.22. The predicted octanol–water partition coefficient (Wildman–Crippen LogP) is 4.45. The Morgan fingerprint density at radius 1 is 1.17 bits per heavy atom. The Morgan fingerprint density at radius 2 is 1.79 bits per heavy atom. The van der Waals surface area contributed by atoms with Crippen LogP contribution in [0.5, 0.6) is 0 Å². The van der Waals surface area contributed by atoms with E-state index in [1.54, 1.807) is 18.3 Å². The molecule has 0 saturated carbocycles. The van der Waals surface area contributed by atoms with E-state index in [1.165, 1.54) is 24.6 Å². The van der Waals surface area contributed by atoms with Gasteiger partial charge in [-0.15, -0.1) is 0 Å². The molecule has 24 heavy (non-hydrogen) atoms. The Labute approximate surface area is 145 Å². The summed E-state index contributed by atoms with van der Waals surface area (Å²) in [5.41, 5.74) is 2.40. The summed E-state index contributed by atoms with van der Waals surface area (Å²) in [4.78, 5) is 24.6. The summed E-state index contributed by atoms with van der Waals surface area (Å²) in [6, 6.07) is 11.2. The van der Waals surface area contributed by atoms with Crippen LogP contribution < -0.4 is 4.42 Å². The van der Waals surface area contributed by atoms with Gasteiger partial charge in [-0.3, -0.25) is 9.78 Å². The van der Waals surface area contributed by atoms with Gasteiger partial charge in [-0.1, -0.05) is 25.5 Å². The monoisotopic (exact) mass is 350 g/mol. The van der Waals surface area contributed by atoms with Gasteiger partial charge in [0.15, 0.2) is 0 Å². The number of aromatic nitrogens is 1. The molecule has 2 aromatic rings. The van der Waals surface area contributed by atoms with Crippen LogP contribution in [0, 0.1) is 0 Å². The van der Waals surface area contributed by atoms with Gasteiger partial charge in [0.1, 0.15) is 0 Å².